The largest absolute Gasteiger partial charge is 0.465 e. The average molecular weight is 291 g/mol. The number of esters is 1. The first-order valence-electron chi connectivity index (χ1n) is 7.48. The number of hydrogen-bond donors (Lipinski definition) is 1. The molecule has 0 spiro atoms. The molecule has 1 unspecified atom stereocenters. The van der Waals surface area contributed by atoms with Crippen LogP contribution in [0.5, 0.6) is 0 Å². The second-order valence-corrected chi connectivity index (χ2v) is 5.47. The van der Waals surface area contributed by atoms with E-state index in [2.05, 4.69) is 4.74 Å². The molecule has 4 heteroatoms. The molecule has 4 nitrogen and oxygen atoms in total. The zero-order valence-electron chi connectivity index (χ0n) is 12.9. The Kier molecular flexibility index (Phi) is 7.51. The Morgan fingerprint density at radius 2 is 1.90 bits per heavy atom. The smallest absolute Gasteiger partial charge is 0.339 e. The van der Waals surface area contributed by atoms with Crippen molar-refractivity contribution in [3.63, 3.8) is 0 Å². The Hall–Kier alpha value is -1.84. The van der Waals surface area contributed by atoms with Gasteiger partial charge < -0.3 is 15.3 Å². The predicted molar refractivity (Wildman–Crippen MR) is 84.0 cm³/mol. The molecule has 1 fully saturated rings. The molecule has 2 N–H and O–H groups in total. The summed E-state index contributed by atoms with van der Waals surface area (Å²) in [7, 11) is 1.33. The van der Waals surface area contributed by atoms with Gasteiger partial charge in [0.05, 0.1) is 12.7 Å². The van der Waals surface area contributed by atoms with E-state index in [9.17, 15) is 9.59 Å². The van der Waals surface area contributed by atoms with E-state index >= 15 is 0 Å². The Bertz CT molecular complexity index is 453. The first-order valence-corrected chi connectivity index (χ1v) is 7.48. The number of rotatable bonds is 3. The predicted octanol–water partition coefficient (Wildman–Crippen LogP) is 3.46. The molecule has 0 amide bonds. The molecule has 116 valence electrons. The van der Waals surface area contributed by atoms with Crippen LogP contribution >= 0.6 is 0 Å². The molecule has 1 saturated carbocycles. The Morgan fingerprint density at radius 1 is 1.29 bits per heavy atom. The number of para-hydroxylation sites is 1. The van der Waals surface area contributed by atoms with E-state index in [0.29, 0.717) is 23.1 Å². The van der Waals surface area contributed by atoms with Crippen LogP contribution in [-0.4, -0.2) is 19.4 Å². The van der Waals surface area contributed by atoms with Crippen LogP contribution in [0.4, 0.5) is 5.69 Å². The van der Waals surface area contributed by atoms with Crippen LogP contribution in [0.15, 0.2) is 24.3 Å². The van der Waals surface area contributed by atoms with E-state index < -0.39 is 5.97 Å². The molecule has 21 heavy (non-hydrogen) atoms. The number of benzene rings is 1. The number of ether oxygens (including phenoxy) is 1. The summed E-state index contributed by atoms with van der Waals surface area (Å²) in [6.45, 7) is 2.04. The van der Waals surface area contributed by atoms with Gasteiger partial charge in [-0.2, -0.15) is 0 Å². The summed E-state index contributed by atoms with van der Waals surface area (Å²) >= 11 is 0. The van der Waals surface area contributed by atoms with Gasteiger partial charge in [-0.3, -0.25) is 0 Å². The second kappa shape index (κ2) is 9.16. The molecule has 0 bridgehead atoms. The SMILES string of the molecule is CC(C=O)C1CCCCC1.COC(=O)c1ccccc1N. The van der Waals surface area contributed by atoms with Crippen molar-refractivity contribution in [2.24, 2.45) is 11.8 Å². The van der Waals surface area contributed by atoms with E-state index in [4.69, 9.17) is 5.73 Å². The monoisotopic (exact) mass is 291 g/mol. The Labute approximate surface area is 126 Å². The van der Waals surface area contributed by atoms with Crippen molar-refractivity contribution in [3.8, 4) is 0 Å². The van der Waals surface area contributed by atoms with Gasteiger partial charge in [0.2, 0.25) is 0 Å². The molecule has 0 aromatic heterocycles. The van der Waals surface area contributed by atoms with Gasteiger partial charge in [-0.15, -0.1) is 0 Å². The number of carbonyl (C=O) groups is 2. The summed E-state index contributed by atoms with van der Waals surface area (Å²) in [5, 5.41) is 0. The molecule has 1 aliphatic rings. The Morgan fingerprint density at radius 3 is 2.43 bits per heavy atom. The lowest BCUT2D eigenvalue weighted by molar-refractivity contribution is -0.112. The summed E-state index contributed by atoms with van der Waals surface area (Å²) in [6, 6.07) is 6.79. The highest BCUT2D eigenvalue weighted by molar-refractivity contribution is 5.94. The summed E-state index contributed by atoms with van der Waals surface area (Å²) < 4.78 is 4.50. The fourth-order valence-corrected chi connectivity index (χ4v) is 2.56. The molecule has 1 atom stereocenters. The van der Waals surface area contributed by atoms with Gasteiger partial charge >= 0.3 is 5.97 Å². The minimum atomic E-state index is -0.400. The maximum Gasteiger partial charge on any atom is 0.339 e. The van der Waals surface area contributed by atoms with Crippen molar-refractivity contribution < 1.29 is 14.3 Å². The quantitative estimate of drug-likeness (QED) is 0.526. The van der Waals surface area contributed by atoms with Gasteiger partial charge in [0.25, 0.3) is 0 Å². The van der Waals surface area contributed by atoms with Crippen LogP contribution in [-0.2, 0) is 9.53 Å². The van der Waals surface area contributed by atoms with Crippen molar-refractivity contribution in [2.45, 2.75) is 39.0 Å². The van der Waals surface area contributed by atoms with Crippen LogP contribution in [0.2, 0.25) is 0 Å². The number of aldehydes is 1. The lowest BCUT2D eigenvalue weighted by Crippen LogP contribution is -2.15. The fourth-order valence-electron chi connectivity index (χ4n) is 2.56. The van der Waals surface area contributed by atoms with Crippen molar-refractivity contribution in [3.05, 3.63) is 29.8 Å². The maximum absolute atomic E-state index is 10.9. The van der Waals surface area contributed by atoms with Crippen molar-refractivity contribution in [1.82, 2.24) is 0 Å². The molecular weight excluding hydrogens is 266 g/mol. The van der Waals surface area contributed by atoms with Crippen LogP contribution in [0.3, 0.4) is 0 Å². The molecule has 0 saturated heterocycles. The summed E-state index contributed by atoms with van der Waals surface area (Å²) in [5.74, 6) is 0.606. The van der Waals surface area contributed by atoms with E-state index in [1.54, 1.807) is 24.3 Å². The van der Waals surface area contributed by atoms with Crippen molar-refractivity contribution >= 4 is 17.9 Å². The lowest BCUT2D eigenvalue weighted by Gasteiger charge is -2.23. The number of hydrogen-bond acceptors (Lipinski definition) is 4. The number of anilines is 1. The van der Waals surface area contributed by atoms with E-state index in [0.717, 1.165) is 6.29 Å². The zero-order valence-corrected chi connectivity index (χ0v) is 12.9. The van der Waals surface area contributed by atoms with E-state index in [1.807, 2.05) is 6.92 Å². The number of methoxy groups -OCH3 is 1. The van der Waals surface area contributed by atoms with E-state index in [1.165, 1.54) is 39.2 Å². The summed E-state index contributed by atoms with van der Waals surface area (Å²) in [5.41, 5.74) is 6.35. The fraction of sp³-hybridized carbons (Fsp3) is 0.529. The number of nitrogens with two attached hydrogens (primary N) is 1. The molecule has 1 aromatic rings. The van der Waals surface area contributed by atoms with Gasteiger partial charge in [-0.25, -0.2) is 4.79 Å². The molecule has 2 rings (SSSR count). The highest BCUT2D eigenvalue weighted by atomic mass is 16.5. The zero-order chi connectivity index (χ0) is 15.7. The number of carbonyl (C=O) groups excluding carboxylic acids is 2. The van der Waals surface area contributed by atoms with Crippen LogP contribution in [0.1, 0.15) is 49.4 Å². The second-order valence-electron chi connectivity index (χ2n) is 5.47. The molecule has 0 aliphatic heterocycles. The third kappa shape index (κ3) is 5.58. The lowest BCUT2D eigenvalue weighted by atomic mass is 9.82. The highest BCUT2D eigenvalue weighted by Gasteiger charge is 2.18. The van der Waals surface area contributed by atoms with Gasteiger partial charge in [-0.05, 0) is 30.9 Å². The molecule has 1 aromatic carbocycles. The molecule has 0 heterocycles. The average Bonchev–Trinajstić information content (AvgIpc) is 2.55. The Balaban J connectivity index is 0.000000211. The minimum Gasteiger partial charge on any atom is -0.465 e. The van der Waals surface area contributed by atoms with E-state index in [-0.39, 0.29) is 0 Å². The van der Waals surface area contributed by atoms with Crippen LogP contribution in [0.25, 0.3) is 0 Å². The van der Waals surface area contributed by atoms with Crippen molar-refractivity contribution in [2.75, 3.05) is 12.8 Å². The van der Waals surface area contributed by atoms with Gasteiger partial charge in [0.1, 0.15) is 6.29 Å². The maximum atomic E-state index is 10.9. The molecular formula is C17H25NO3. The highest BCUT2D eigenvalue weighted by Crippen LogP contribution is 2.28. The topological polar surface area (TPSA) is 69.4 Å². The first-order chi connectivity index (χ1) is 10.1. The minimum absolute atomic E-state index is 0.306. The van der Waals surface area contributed by atoms with Gasteiger partial charge in [-0.1, -0.05) is 38.3 Å². The van der Waals surface area contributed by atoms with Gasteiger partial charge in [0.15, 0.2) is 0 Å². The normalized spacial score (nSPS) is 16.3. The van der Waals surface area contributed by atoms with Gasteiger partial charge in [0, 0.05) is 11.6 Å². The summed E-state index contributed by atoms with van der Waals surface area (Å²) in [4.78, 5) is 21.3. The van der Waals surface area contributed by atoms with Crippen LogP contribution < -0.4 is 5.73 Å². The first kappa shape index (κ1) is 17.2. The standard InChI is InChI=1S/C9H16O.C8H9NO2/c1-8(7-10)9-5-3-2-4-6-9;1-11-8(10)6-4-2-3-5-7(6)9/h7-9H,2-6H2,1H3;2-5H,9H2,1H3. The van der Waals surface area contributed by atoms with Crippen molar-refractivity contribution in [1.29, 1.82) is 0 Å². The van der Waals surface area contributed by atoms with Crippen LogP contribution in [0, 0.1) is 11.8 Å². The third-order valence-corrected chi connectivity index (χ3v) is 3.97. The molecule has 0 radical (unpaired) electrons. The number of nitrogen functional groups attached to an aromatic ring is 1. The molecule has 1 aliphatic carbocycles. The summed E-state index contributed by atoms with van der Waals surface area (Å²) in [6.07, 6.45) is 7.71. The third-order valence-electron chi connectivity index (χ3n) is 3.97.